The maximum atomic E-state index is 11.7. The van der Waals surface area contributed by atoms with Gasteiger partial charge in [-0.05, 0) is 37.0 Å². The molecule has 0 saturated carbocycles. The van der Waals surface area contributed by atoms with Gasteiger partial charge >= 0.3 is 5.97 Å². The van der Waals surface area contributed by atoms with Gasteiger partial charge in [0.15, 0.2) is 0 Å². The number of hydrogen-bond acceptors (Lipinski definition) is 4. The van der Waals surface area contributed by atoms with Crippen molar-refractivity contribution in [2.24, 2.45) is 0 Å². The minimum atomic E-state index is -0.356. The number of carbonyl (C=O) groups is 1. The van der Waals surface area contributed by atoms with Crippen molar-refractivity contribution in [1.29, 1.82) is 0 Å². The van der Waals surface area contributed by atoms with E-state index in [0.29, 0.717) is 0 Å². The number of nitrogens with one attached hydrogen (secondary N) is 1. The van der Waals surface area contributed by atoms with Crippen molar-refractivity contribution in [3.05, 3.63) is 35.9 Å². The molecule has 0 amide bonds. The monoisotopic (exact) mass is 267 g/mol. The number of hydrogen-bond donors (Lipinski definition) is 1. The van der Waals surface area contributed by atoms with Crippen LogP contribution < -0.4 is 5.32 Å². The molecular weight excluding hydrogens is 246 g/mol. The fourth-order valence-corrected chi connectivity index (χ4v) is 2.21. The molecule has 3 nitrogen and oxygen atoms in total. The molecule has 1 rings (SSSR count). The van der Waals surface area contributed by atoms with Gasteiger partial charge in [0.2, 0.25) is 0 Å². The summed E-state index contributed by atoms with van der Waals surface area (Å²) in [6, 6.07) is 9.33. The van der Waals surface area contributed by atoms with Crippen LogP contribution in [-0.4, -0.2) is 31.6 Å². The molecule has 0 aliphatic heterocycles. The van der Waals surface area contributed by atoms with Gasteiger partial charge in [0.05, 0.1) is 7.11 Å². The van der Waals surface area contributed by atoms with E-state index in [-0.39, 0.29) is 12.0 Å². The second kappa shape index (κ2) is 9.00. The Morgan fingerprint density at radius 2 is 2.06 bits per heavy atom. The third-order valence-electron chi connectivity index (χ3n) is 2.69. The summed E-state index contributed by atoms with van der Waals surface area (Å²) in [5.74, 6) is 0.932. The Balaban J connectivity index is 2.50. The van der Waals surface area contributed by atoms with Crippen LogP contribution in [0.15, 0.2) is 30.3 Å². The topological polar surface area (TPSA) is 38.3 Å². The smallest absolute Gasteiger partial charge is 0.327 e. The van der Waals surface area contributed by atoms with Crippen LogP contribution in [0.5, 0.6) is 0 Å². The maximum absolute atomic E-state index is 11.7. The highest BCUT2D eigenvalue weighted by Crippen LogP contribution is 2.14. The highest BCUT2D eigenvalue weighted by molar-refractivity contribution is 7.98. The lowest BCUT2D eigenvalue weighted by molar-refractivity contribution is -0.143. The Morgan fingerprint density at radius 1 is 1.33 bits per heavy atom. The second-order valence-corrected chi connectivity index (χ2v) is 5.01. The SMILES string of the molecule is COC(=O)C(NCCCCSC)c1ccccc1. The van der Waals surface area contributed by atoms with E-state index in [0.717, 1.165) is 30.7 Å². The molecule has 18 heavy (non-hydrogen) atoms. The summed E-state index contributed by atoms with van der Waals surface area (Å²) in [4.78, 5) is 11.7. The van der Waals surface area contributed by atoms with Gasteiger partial charge in [-0.15, -0.1) is 0 Å². The predicted molar refractivity (Wildman–Crippen MR) is 76.8 cm³/mol. The first kappa shape index (κ1) is 15.1. The van der Waals surface area contributed by atoms with Crippen molar-refractivity contribution in [3.63, 3.8) is 0 Å². The van der Waals surface area contributed by atoms with Gasteiger partial charge in [-0.25, -0.2) is 4.79 Å². The summed E-state index contributed by atoms with van der Waals surface area (Å²) in [5.41, 5.74) is 0.953. The van der Waals surface area contributed by atoms with Crippen molar-refractivity contribution in [1.82, 2.24) is 5.32 Å². The zero-order valence-electron chi connectivity index (χ0n) is 11.0. The second-order valence-electron chi connectivity index (χ2n) is 4.02. The molecule has 4 heteroatoms. The van der Waals surface area contributed by atoms with Crippen molar-refractivity contribution >= 4 is 17.7 Å². The van der Waals surface area contributed by atoms with Crippen molar-refractivity contribution in [3.8, 4) is 0 Å². The minimum Gasteiger partial charge on any atom is -0.468 e. The summed E-state index contributed by atoms with van der Waals surface area (Å²) in [7, 11) is 1.42. The zero-order chi connectivity index (χ0) is 13.2. The molecule has 1 unspecified atom stereocenters. The highest BCUT2D eigenvalue weighted by Gasteiger charge is 2.19. The number of benzene rings is 1. The number of thioether (sulfide) groups is 1. The molecule has 100 valence electrons. The average Bonchev–Trinajstić information content (AvgIpc) is 2.43. The number of ether oxygens (including phenoxy) is 1. The van der Waals surface area contributed by atoms with E-state index in [1.807, 2.05) is 42.1 Å². The molecule has 1 aromatic rings. The largest absolute Gasteiger partial charge is 0.468 e. The number of esters is 1. The van der Waals surface area contributed by atoms with Crippen LogP contribution in [0.4, 0.5) is 0 Å². The molecule has 0 heterocycles. The molecule has 0 spiro atoms. The zero-order valence-corrected chi connectivity index (χ0v) is 11.8. The Labute approximate surface area is 113 Å². The van der Waals surface area contributed by atoms with Crippen molar-refractivity contribution < 1.29 is 9.53 Å². The number of methoxy groups -OCH3 is 1. The van der Waals surface area contributed by atoms with Crippen molar-refractivity contribution in [2.45, 2.75) is 18.9 Å². The molecule has 0 bridgehead atoms. The lowest BCUT2D eigenvalue weighted by Gasteiger charge is -2.16. The minimum absolute atomic E-state index is 0.230. The number of carbonyl (C=O) groups excluding carboxylic acids is 1. The molecule has 1 atom stereocenters. The first-order valence-corrected chi connectivity index (χ1v) is 7.54. The van der Waals surface area contributed by atoms with Gasteiger partial charge in [-0.1, -0.05) is 30.3 Å². The number of rotatable bonds is 8. The fraction of sp³-hybridized carbons (Fsp3) is 0.500. The molecular formula is C14H21NO2S. The standard InChI is InChI=1S/C14H21NO2S/c1-17-14(16)13(12-8-4-3-5-9-12)15-10-6-7-11-18-2/h3-5,8-9,13,15H,6-7,10-11H2,1-2H3. The van der Waals surface area contributed by atoms with Crippen molar-refractivity contribution in [2.75, 3.05) is 25.7 Å². The summed E-state index contributed by atoms with van der Waals surface area (Å²) in [6.45, 7) is 0.829. The molecule has 0 saturated heterocycles. The van der Waals surface area contributed by atoms with Crippen LogP contribution in [0, 0.1) is 0 Å². The normalized spacial score (nSPS) is 12.1. The van der Waals surface area contributed by atoms with E-state index in [1.54, 1.807) is 0 Å². The first-order chi connectivity index (χ1) is 8.79. The van der Waals surface area contributed by atoms with Crippen LogP contribution in [0.1, 0.15) is 24.4 Å². The highest BCUT2D eigenvalue weighted by atomic mass is 32.2. The Kier molecular flexibility index (Phi) is 7.53. The summed E-state index contributed by atoms with van der Waals surface area (Å²) >= 11 is 1.85. The van der Waals surface area contributed by atoms with Crippen LogP contribution >= 0.6 is 11.8 Å². The summed E-state index contributed by atoms with van der Waals surface area (Å²) in [6.07, 6.45) is 4.34. The molecule has 0 aromatic heterocycles. The quantitative estimate of drug-likeness (QED) is 0.580. The molecule has 1 N–H and O–H groups in total. The summed E-state index contributed by atoms with van der Waals surface area (Å²) in [5, 5.41) is 3.26. The molecule has 1 aromatic carbocycles. The van der Waals surface area contributed by atoms with E-state index < -0.39 is 0 Å². The van der Waals surface area contributed by atoms with Crippen LogP contribution in [0.25, 0.3) is 0 Å². The average molecular weight is 267 g/mol. The van der Waals surface area contributed by atoms with Gasteiger partial charge in [0, 0.05) is 0 Å². The molecule has 0 fully saturated rings. The van der Waals surface area contributed by atoms with E-state index >= 15 is 0 Å². The molecule has 0 radical (unpaired) electrons. The van der Waals surface area contributed by atoms with Gasteiger partial charge in [0.1, 0.15) is 6.04 Å². The van der Waals surface area contributed by atoms with Crippen LogP contribution in [0.3, 0.4) is 0 Å². The lowest BCUT2D eigenvalue weighted by atomic mass is 10.1. The maximum Gasteiger partial charge on any atom is 0.327 e. The van der Waals surface area contributed by atoms with Crippen LogP contribution in [0.2, 0.25) is 0 Å². The lowest BCUT2D eigenvalue weighted by Crippen LogP contribution is -2.30. The van der Waals surface area contributed by atoms with E-state index in [2.05, 4.69) is 11.6 Å². The predicted octanol–water partition coefficient (Wildman–Crippen LogP) is 2.63. The fourth-order valence-electron chi connectivity index (χ4n) is 1.72. The number of unbranched alkanes of at least 4 members (excludes halogenated alkanes) is 1. The molecule has 0 aliphatic rings. The van der Waals surface area contributed by atoms with E-state index in [4.69, 9.17) is 4.74 Å². The van der Waals surface area contributed by atoms with Gasteiger partial charge in [-0.2, -0.15) is 11.8 Å². The van der Waals surface area contributed by atoms with Crippen LogP contribution in [-0.2, 0) is 9.53 Å². The van der Waals surface area contributed by atoms with Gasteiger partial charge in [0.25, 0.3) is 0 Å². The Morgan fingerprint density at radius 3 is 2.67 bits per heavy atom. The van der Waals surface area contributed by atoms with E-state index in [9.17, 15) is 4.79 Å². The van der Waals surface area contributed by atoms with E-state index in [1.165, 1.54) is 7.11 Å². The summed E-state index contributed by atoms with van der Waals surface area (Å²) < 4.78 is 4.84. The third-order valence-corrected chi connectivity index (χ3v) is 3.39. The van der Waals surface area contributed by atoms with Gasteiger partial charge < -0.3 is 10.1 Å². The molecule has 0 aliphatic carbocycles. The van der Waals surface area contributed by atoms with Gasteiger partial charge in [-0.3, -0.25) is 0 Å². The third kappa shape index (κ3) is 5.10. The first-order valence-electron chi connectivity index (χ1n) is 6.14. The Hall–Kier alpha value is -1.00. The Bertz CT molecular complexity index is 343.